The highest BCUT2D eigenvalue weighted by Gasteiger charge is 2.33. The molecule has 0 saturated heterocycles. The van der Waals surface area contributed by atoms with Crippen LogP contribution in [0.25, 0.3) is 0 Å². The first-order valence-electron chi connectivity index (χ1n) is 14.5. The number of carbonyl (C=O) groups is 2. The molecule has 0 fully saturated rings. The van der Waals surface area contributed by atoms with Crippen molar-refractivity contribution in [3.05, 3.63) is 154 Å². The molecule has 43 heavy (non-hydrogen) atoms. The molecule has 4 nitrogen and oxygen atoms in total. The second kappa shape index (κ2) is 13.1. The first kappa shape index (κ1) is 31.2. The van der Waals surface area contributed by atoms with Crippen molar-refractivity contribution in [2.45, 2.75) is 59.8 Å². The number of allylic oxidation sites excluding steroid dienone is 2. The average Bonchev–Trinajstić information content (AvgIpc) is 2.94. The molecule has 0 spiro atoms. The average molecular weight is 573 g/mol. The molecule has 0 heterocycles. The Hall–Kier alpha value is -4.70. The number of hydrogen-bond acceptors (Lipinski definition) is 4. The molecule has 0 amide bonds. The van der Waals surface area contributed by atoms with Gasteiger partial charge in [-0.1, -0.05) is 110 Å². The van der Waals surface area contributed by atoms with E-state index < -0.39 is 17.4 Å². The summed E-state index contributed by atoms with van der Waals surface area (Å²) in [4.78, 5) is 26.8. The number of aryl methyl sites for hydroxylation is 2. The molecule has 0 unspecified atom stereocenters. The third kappa shape index (κ3) is 7.39. The molecule has 0 aliphatic carbocycles. The molecule has 0 aliphatic rings. The van der Waals surface area contributed by atoms with E-state index in [1.807, 2.05) is 88.4 Å². The fraction of sp³-hybridized carbons (Fsp3) is 0.231. The number of para-hydroxylation sites is 2. The fourth-order valence-electron chi connectivity index (χ4n) is 5.15. The number of hydrogen-bond donors (Lipinski definition) is 0. The third-order valence-electron chi connectivity index (χ3n) is 7.49. The van der Waals surface area contributed by atoms with Crippen molar-refractivity contribution < 1.29 is 19.1 Å². The van der Waals surface area contributed by atoms with Gasteiger partial charge in [-0.3, -0.25) is 0 Å². The monoisotopic (exact) mass is 572 g/mol. The van der Waals surface area contributed by atoms with Crippen LogP contribution in [0.1, 0.15) is 81.8 Å². The molecule has 0 saturated carbocycles. The lowest BCUT2D eigenvalue weighted by Crippen LogP contribution is -2.25. The summed E-state index contributed by atoms with van der Waals surface area (Å²) in [6.07, 6.45) is 1.09. The van der Waals surface area contributed by atoms with Crippen molar-refractivity contribution in [2.75, 3.05) is 0 Å². The van der Waals surface area contributed by atoms with Crippen LogP contribution in [0.15, 0.2) is 109 Å². The SMILES string of the molecule is C=C(C)Cc1cccc(C(C)(C)c2cccc(CC(=C)C)c2OC(=O)c2ccc(C)cc2)c1OC(=O)c1ccc(C)cc1. The highest BCUT2D eigenvalue weighted by molar-refractivity contribution is 5.92. The Morgan fingerprint density at radius 1 is 0.605 bits per heavy atom. The lowest BCUT2D eigenvalue weighted by molar-refractivity contribution is 0.0724. The first-order chi connectivity index (χ1) is 20.4. The summed E-state index contributed by atoms with van der Waals surface area (Å²) in [7, 11) is 0. The van der Waals surface area contributed by atoms with Gasteiger partial charge in [0.1, 0.15) is 11.5 Å². The Labute approximate surface area is 255 Å². The van der Waals surface area contributed by atoms with Crippen LogP contribution in [0.5, 0.6) is 11.5 Å². The highest BCUT2D eigenvalue weighted by Crippen LogP contribution is 2.45. The Bertz CT molecular complexity index is 1550. The molecule has 4 heteroatoms. The zero-order valence-corrected chi connectivity index (χ0v) is 26.0. The van der Waals surface area contributed by atoms with E-state index >= 15 is 0 Å². The van der Waals surface area contributed by atoms with Crippen LogP contribution >= 0.6 is 0 Å². The predicted octanol–water partition coefficient (Wildman–Crippen LogP) is 9.30. The van der Waals surface area contributed by atoms with Crippen LogP contribution in [0.2, 0.25) is 0 Å². The third-order valence-corrected chi connectivity index (χ3v) is 7.49. The minimum Gasteiger partial charge on any atom is -0.422 e. The molecular weight excluding hydrogens is 532 g/mol. The summed E-state index contributed by atoms with van der Waals surface area (Å²) < 4.78 is 12.4. The molecule has 4 aromatic rings. The van der Waals surface area contributed by atoms with Crippen LogP contribution in [0.3, 0.4) is 0 Å². The number of ether oxygens (including phenoxy) is 2. The van der Waals surface area contributed by atoms with Crippen molar-refractivity contribution in [3.63, 3.8) is 0 Å². The molecule has 4 rings (SSSR count). The molecule has 0 radical (unpaired) electrons. The number of carbonyl (C=O) groups excluding carboxylic acids is 2. The lowest BCUT2D eigenvalue weighted by Gasteiger charge is -2.31. The van der Waals surface area contributed by atoms with Gasteiger partial charge in [-0.2, -0.15) is 0 Å². The summed E-state index contributed by atoms with van der Waals surface area (Å²) in [5, 5.41) is 0. The Morgan fingerprint density at radius 2 is 0.953 bits per heavy atom. The van der Waals surface area contributed by atoms with Gasteiger partial charge in [0.15, 0.2) is 0 Å². The van der Waals surface area contributed by atoms with Crippen molar-refractivity contribution >= 4 is 11.9 Å². The summed E-state index contributed by atoms with van der Waals surface area (Å²) in [5.74, 6) is 0.103. The quantitative estimate of drug-likeness (QED) is 0.108. The molecule has 0 atom stereocenters. The van der Waals surface area contributed by atoms with E-state index in [1.54, 1.807) is 24.3 Å². The molecule has 0 aliphatic heterocycles. The molecular formula is C39H40O4. The van der Waals surface area contributed by atoms with E-state index in [0.717, 1.165) is 44.5 Å². The van der Waals surface area contributed by atoms with Crippen molar-refractivity contribution in [1.82, 2.24) is 0 Å². The summed E-state index contributed by atoms with van der Waals surface area (Å²) in [5.41, 5.74) is 7.51. The number of esters is 2. The largest absolute Gasteiger partial charge is 0.422 e. The van der Waals surface area contributed by atoms with Crippen LogP contribution < -0.4 is 9.47 Å². The molecule has 0 bridgehead atoms. The van der Waals surface area contributed by atoms with Gasteiger partial charge in [0.25, 0.3) is 0 Å². The van der Waals surface area contributed by atoms with Crippen LogP contribution in [0, 0.1) is 13.8 Å². The summed E-state index contributed by atoms with van der Waals surface area (Å²) >= 11 is 0. The molecule has 0 aromatic heterocycles. The van der Waals surface area contributed by atoms with Crippen LogP contribution in [-0.2, 0) is 18.3 Å². The van der Waals surface area contributed by atoms with Crippen molar-refractivity contribution in [2.24, 2.45) is 0 Å². The molecule has 4 aromatic carbocycles. The Morgan fingerprint density at radius 3 is 1.28 bits per heavy atom. The Kier molecular flexibility index (Phi) is 9.50. The van der Waals surface area contributed by atoms with E-state index in [9.17, 15) is 9.59 Å². The maximum atomic E-state index is 13.4. The molecule has 220 valence electrons. The minimum atomic E-state index is -0.734. The zero-order valence-electron chi connectivity index (χ0n) is 26.0. The zero-order chi connectivity index (χ0) is 31.3. The van der Waals surface area contributed by atoms with Crippen LogP contribution in [0.4, 0.5) is 0 Å². The van der Waals surface area contributed by atoms with Crippen molar-refractivity contribution in [1.29, 1.82) is 0 Å². The Balaban J connectivity index is 1.86. The van der Waals surface area contributed by atoms with Gasteiger partial charge in [-0.05, 0) is 75.9 Å². The van der Waals surface area contributed by atoms with Gasteiger partial charge in [0.05, 0.1) is 11.1 Å². The van der Waals surface area contributed by atoms with Crippen LogP contribution in [-0.4, -0.2) is 11.9 Å². The molecule has 0 N–H and O–H groups in total. The topological polar surface area (TPSA) is 52.6 Å². The second-order valence-corrected chi connectivity index (χ2v) is 12.0. The smallest absolute Gasteiger partial charge is 0.343 e. The van der Waals surface area contributed by atoms with E-state index in [0.29, 0.717) is 35.5 Å². The van der Waals surface area contributed by atoms with Crippen molar-refractivity contribution in [3.8, 4) is 11.5 Å². The van der Waals surface area contributed by atoms with E-state index in [2.05, 4.69) is 27.0 Å². The predicted molar refractivity (Wildman–Crippen MR) is 174 cm³/mol. The standard InChI is InChI=1S/C39H40O4/c1-25(2)23-31-11-9-13-33(35(31)42-37(40)29-19-15-27(5)16-20-29)39(7,8)34-14-10-12-32(24-26(3)4)36(34)43-38(41)30-21-17-28(6)18-22-30/h9-22H,1,3,23-24H2,2,4-8H3. The number of rotatable bonds is 10. The minimum absolute atomic E-state index is 0.437. The summed E-state index contributed by atoms with van der Waals surface area (Å²) in [6.45, 7) is 20.2. The van der Waals surface area contributed by atoms with Gasteiger partial charge in [0.2, 0.25) is 0 Å². The lowest BCUT2D eigenvalue weighted by atomic mass is 9.75. The van der Waals surface area contributed by atoms with Gasteiger partial charge in [0, 0.05) is 16.5 Å². The maximum Gasteiger partial charge on any atom is 0.343 e. The van der Waals surface area contributed by atoms with E-state index in [-0.39, 0.29) is 0 Å². The van der Waals surface area contributed by atoms with Gasteiger partial charge in [-0.15, -0.1) is 0 Å². The summed E-state index contributed by atoms with van der Waals surface area (Å²) in [6, 6.07) is 26.4. The maximum absolute atomic E-state index is 13.4. The van der Waals surface area contributed by atoms with Gasteiger partial charge < -0.3 is 9.47 Å². The highest BCUT2D eigenvalue weighted by atomic mass is 16.5. The van der Waals surface area contributed by atoms with Gasteiger partial charge >= 0.3 is 11.9 Å². The fourth-order valence-corrected chi connectivity index (χ4v) is 5.15. The number of benzene rings is 4. The van der Waals surface area contributed by atoms with E-state index in [1.165, 1.54) is 0 Å². The normalized spacial score (nSPS) is 11.1. The van der Waals surface area contributed by atoms with E-state index in [4.69, 9.17) is 9.47 Å². The first-order valence-corrected chi connectivity index (χ1v) is 14.5. The second-order valence-electron chi connectivity index (χ2n) is 12.0. The van der Waals surface area contributed by atoms with Gasteiger partial charge in [-0.25, -0.2) is 9.59 Å².